The fourth-order valence-corrected chi connectivity index (χ4v) is 6.26. The SMILES string of the molecule is CC1CC(C(=O)N[C@@H]2CCN(C3C(C(=O)N4CCOCC4)CC(C#N)CC3C(F)(F)F)C2)C(F)C(=O)N1. The van der Waals surface area contributed by atoms with E-state index >= 15 is 0 Å². The molecular weight excluding hydrogens is 498 g/mol. The van der Waals surface area contributed by atoms with Crippen molar-refractivity contribution in [1.29, 1.82) is 5.26 Å². The van der Waals surface area contributed by atoms with Crippen molar-refractivity contribution in [3.63, 3.8) is 0 Å². The highest BCUT2D eigenvalue weighted by Crippen LogP contribution is 2.46. The van der Waals surface area contributed by atoms with E-state index in [2.05, 4.69) is 10.6 Å². The predicted octanol–water partition coefficient (Wildman–Crippen LogP) is 0.995. The second kappa shape index (κ2) is 11.1. The van der Waals surface area contributed by atoms with Crippen LogP contribution in [0.15, 0.2) is 0 Å². The number of nitrogens with one attached hydrogen (secondary N) is 2. The Morgan fingerprint density at radius 3 is 2.49 bits per heavy atom. The summed E-state index contributed by atoms with van der Waals surface area (Å²) < 4.78 is 62.5. The molecule has 3 amide bonds. The zero-order chi connectivity index (χ0) is 26.9. The van der Waals surface area contributed by atoms with Gasteiger partial charge in [-0.15, -0.1) is 0 Å². The summed E-state index contributed by atoms with van der Waals surface area (Å²) in [6.45, 7) is 3.13. The van der Waals surface area contributed by atoms with Crippen LogP contribution in [0.3, 0.4) is 0 Å². The molecule has 9 nitrogen and oxygen atoms in total. The quantitative estimate of drug-likeness (QED) is 0.523. The number of hydrogen-bond acceptors (Lipinski definition) is 6. The van der Waals surface area contributed by atoms with Crippen molar-refractivity contribution in [3.05, 3.63) is 0 Å². The van der Waals surface area contributed by atoms with E-state index in [9.17, 15) is 37.2 Å². The summed E-state index contributed by atoms with van der Waals surface area (Å²) in [5.41, 5.74) is 0. The number of hydrogen-bond donors (Lipinski definition) is 2. The van der Waals surface area contributed by atoms with Crippen molar-refractivity contribution in [2.45, 2.75) is 63.1 Å². The molecular formula is C24H33F4N5O4. The highest BCUT2D eigenvalue weighted by Gasteiger charge is 2.56. The number of amides is 3. The molecule has 0 aromatic heterocycles. The van der Waals surface area contributed by atoms with Crippen LogP contribution in [0.2, 0.25) is 0 Å². The fraction of sp³-hybridized carbons (Fsp3) is 0.833. The molecule has 0 aromatic rings. The number of nitriles is 1. The van der Waals surface area contributed by atoms with Crippen LogP contribution >= 0.6 is 0 Å². The molecule has 1 saturated carbocycles. The largest absolute Gasteiger partial charge is 0.393 e. The van der Waals surface area contributed by atoms with Gasteiger partial charge in [-0.2, -0.15) is 18.4 Å². The number of morpholine rings is 1. The lowest BCUT2D eigenvalue weighted by Crippen LogP contribution is -2.59. The number of ether oxygens (including phenoxy) is 1. The number of piperidine rings is 1. The Kier molecular flexibility index (Phi) is 8.28. The molecule has 206 valence electrons. The van der Waals surface area contributed by atoms with Gasteiger partial charge in [0, 0.05) is 50.2 Å². The van der Waals surface area contributed by atoms with Crippen molar-refractivity contribution in [2.75, 3.05) is 39.4 Å². The molecule has 0 spiro atoms. The van der Waals surface area contributed by atoms with Gasteiger partial charge in [0.1, 0.15) is 0 Å². The summed E-state index contributed by atoms with van der Waals surface area (Å²) in [6.07, 6.45) is -6.49. The zero-order valence-electron chi connectivity index (χ0n) is 20.7. The van der Waals surface area contributed by atoms with Crippen LogP contribution in [0.1, 0.15) is 32.6 Å². The number of rotatable bonds is 4. The molecule has 1 aliphatic carbocycles. The van der Waals surface area contributed by atoms with E-state index in [1.54, 1.807) is 11.8 Å². The van der Waals surface area contributed by atoms with E-state index in [1.165, 1.54) is 4.90 Å². The first kappa shape index (κ1) is 27.6. The number of likely N-dealkylation sites (tertiary alicyclic amines) is 1. The van der Waals surface area contributed by atoms with Crippen molar-refractivity contribution in [1.82, 2.24) is 20.4 Å². The van der Waals surface area contributed by atoms with E-state index < -0.39 is 65.8 Å². The molecule has 0 radical (unpaired) electrons. The number of carbonyl (C=O) groups excluding carboxylic acids is 3. The summed E-state index contributed by atoms with van der Waals surface area (Å²) in [5.74, 6) is -6.83. The second-order valence-corrected chi connectivity index (χ2v) is 10.6. The lowest BCUT2D eigenvalue weighted by molar-refractivity contribution is -0.209. The summed E-state index contributed by atoms with van der Waals surface area (Å²) in [5, 5.41) is 14.7. The Bertz CT molecular complexity index is 922. The minimum absolute atomic E-state index is 0.0378. The van der Waals surface area contributed by atoms with Crippen molar-refractivity contribution >= 4 is 17.7 Å². The first-order valence-electron chi connectivity index (χ1n) is 12.8. The summed E-state index contributed by atoms with van der Waals surface area (Å²) >= 11 is 0. The first-order chi connectivity index (χ1) is 17.5. The van der Waals surface area contributed by atoms with E-state index in [4.69, 9.17) is 4.74 Å². The summed E-state index contributed by atoms with van der Waals surface area (Å²) in [6, 6.07) is -0.132. The maximum absolute atomic E-state index is 14.4. The van der Waals surface area contributed by atoms with Crippen LogP contribution < -0.4 is 10.6 Å². The van der Waals surface area contributed by atoms with Crippen LogP contribution in [0, 0.1) is 35.0 Å². The molecule has 4 aliphatic rings. The predicted molar refractivity (Wildman–Crippen MR) is 121 cm³/mol. The van der Waals surface area contributed by atoms with Crippen LogP contribution in [0.25, 0.3) is 0 Å². The van der Waals surface area contributed by atoms with Gasteiger partial charge in [-0.1, -0.05) is 0 Å². The van der Waals surface area contributed by atoms with E-state index in [1.807, 2.05) is 6.07 Å². The maximum atomic E-state index is 14.4. The Hall–Kier alpha value is -2.46. The third kappa shape index (κ3) is 6.00. The van der Waals surface area contributed by atoms with Crippen LogP contribution in [0.4, 0.5) is 17.6 Å². The van der Waals surface area contributed by atoms with Gasteiger partial charge in [-0.3, -0.25) is 19.3 Å². The molecule has 37 heavy (non-hydrogen) atoms. The number of halogens is 4. The van der Waals surface area contributed by atoms with Crippen LogP contribution in [-0.4, -0.2) is 97.4 Å². The molecule has 4 fully saturated rings. The third-order valence-electron chi connectivity index (χ3n) is 8.07. The smallest absolute Gasteiger partial charge is 0.378 e. The minimum atomic E-state index is -4.61. The van der Waals surface area contributed by atoms with Crippen LogP contribution in [0.5, 0.6) is 0 Å². The van der Waals surface area contributed by atoms with Gasteiger partial charge in [0.2, 0.25) is 11.8 Å². The average Bonchev–Trinajstić information content (AvgIpc) is 3.32. The Balaban J connectivity index is 1.51. The van der Waals surface area contributed by atoms with E-state index in [-0.39, 0.29) is 51.5 Å². The van der Waals surface area contributed by atoms with E-state index in [0.29, 0.717) is 19.6 Å². The molecule has 2 N–H and O–H groups in total. The summed E-state index contributed by atoms with van der Waals surface area (Å²) in [7, 11) is 0. The zero-order valence-corrected chi connectivity index (χ0v) is 20.7. The van der Waals surface area contributed by atoms with Gasteiger partial charge in [0.05, 0.1) is 37.0 Å². The van der Waals surface area contributed by atoms with Gasteiger partial charge in [0.25, 0.3) is 5.91 Å². The molecule has 7 unspecified atom stereocenters. The highest BCUT2D eigenvalue weighted by atomic mass is 19.4. The van der Waals surface area contributed by atoms with Gasteiger partial charge >= 0.3 is 6.18 Å². The monoisotopic (exact) mass is 531 g/mol. The van der Waals surface area contributed by atoms with Crippen molar-refractivity contribution in [2.24, 2.45) is 23.7 Å². The maximum Gasteiger partial charge on any atom is 0.393 e. The fourth-order valence-electron chi connectivity index (χ4n) is 6.26. The van der Waals surface area contributed by atoms with Crippen molar-refractivity contribution in [3.8, 4) is 6.07 Å². The highest BCUT2D eigenvalue weighted by molar-refractivity contribution is 5.90. The molecule has 3 aliphatic heterocycles. The molecule has 4 rings (SSSR count). The molecule has 3 saturated heterocycles. The standard InChI is InChI=1S/C24H33F4N5O4/c1-13-8-16(19(25)22(35)30-13)21(34)31-15-2-3-33(12-15)20-17(23(36)32-4-6-37-7-5-32)9-14(11-29)10-18(20)24(26,27)28/h13-20H,2-10,12H2,1H3,(H,30,35)(H,31,34)/t13?,14?,15-,16?,17?,18?,19?,20?/m1/s1. The van der Waals surface area contributed by atoms with Gasteiger partial charge in [-0.05, 0) is 32.6 Å². The Morgan fingerprint density at radius 1 is 1.14 bits per heavy atom. The Labute approximate surface area is 212 Å². The first-order valence-corrected chi connectivity index (χ1v) is 12.8. The van der Waals surface area contributed by atoms with Crippen LogP contribution in [-0.2, 0) is 19.1 Å². The third-order valence-corrected chi connectivity index (χ3v) is 8.07. The number of carbonyl (C=O) groups is 3. The van der Waals surface area contributed by atoms with E-state index in [0.717, 1.165) is 0 Å². The Morgan fingerprint density at radius 2 is 1.84 bits per heavy atom. The topological polar surface area (TPSA) is 115 Å². The number of alkyl halides is 4. The lowest BCUT2D eigenvalue weighted by atomic mass is 9.70. The number of nitrogens with zero attached hydrogens (tertiary/aromatic N) is 3. The molecule has 13 heteroatoms. The second-order valence-electron chi connectivity index (χ2n) is 10.6. The van der Waals surface area contributed by atoms with Gasteiger partial charge in [-0.25, -0.2) is 4.39 Å². The molecule has 3 heterocycles. The normalized spacial score (nSPS) is 37.5. The van der Waals surface area contributed by atoms with Gasteiger partial charge in [0.15, 0.2) is 6.17 Å². The molecule has 8 atom stereocenters. The lowest BCUT2D eigenvalue weighted by Gasteiger charge is -2.46. The summed E-state index contributed by atoms with van der Waals surface area (Å²) in [4.78, 5) is 41.1. The van der Waals surface area contributed by atoms with Crippen molar-refractivity contribution < 1.29 is 36.7 Å². The van der Waals surface area contributed by atoms with Gasteiger partial charge < -0.3 is 20.3 Å². The molecule has 0 aromatic carbocycles. The minimum Gasteiger partial charge on any atom is -0.378 e. The average molecular weight is 532 g/mol. The molecule has 0 bridgehead atoms.